The molecule has 0 saturated heterocycles. The molecular weight excluding hydrogens is 436 g/mol. The number of ketones is 1. The highest BCUT2D eigenvalue weighted by atomic mass is 16.5. The number of aryl methyl sites for hydroxylation is 1. The molecule has 2 aromatic carbocycles. The maximum absolute atomic E-state index is 12.7. The number of nitrogens with zero attached hydrogens (tertiary/aromatic N) is 2. The maximum atomic E-state index is 12.7. The minimum atomic E-state index is -0.994. The van der Waals surface area contributed by atoms with Crippen molar-refractivity contribution in [2.45, 2.75) is 20.5 Å². The first-order valence-corrected chi connectivity index (χ1v) is 10.5. The van der Waals surface area contributed by atoms with Crippen LogP contribution in [0.15, 0.2) is 77.2 Å². The summed E-state index contributed by atoms with van der Waals surface area (Å²) in [5, 5.41) is 4.37. The van der Waals surface area contributed by atoms with Crippen LogP contribution in [0.1, 0.15) is 38.1 Å². The summed E-state index contributed by atoms with van der Waals surface area (Å²) in [5.74, 6) is -1.46. The first-order valence-electron chi connectivity index (χ1n) is 10.5. The van der Waals surface area contributed by atoms with Crippen LogP contribution in [-0.4, -0.2) is 27.4 Å². The predicted octanol–water partition coefficient (Wildman–Crippen LogP) is 3.31. The van der Waals surface area contributed by atoms with Crippen LogP contribution in [0.25, 0.3) is 5.69 Å². The van der Waals surface area contributed by atoms with Crippen LogP contribution in [0, 0.1) is 13.8 Å². The number of hydrogen-bond donors (Lipinski definition) is 2. The van der Waals surface area contributed by atoms with Crippen LogP contribution in [-0.2, 0) is 11.4 Å². The molecule has 0 saturated carbocycles. The molecule has 0 fully saturated rings. The minimum Gasteiger partial charge on any atom is -0.486 e. The lowest BCUT2D eigenvalue weighted by atomic mass is 10.1. The summed E-state index contributed by atoms with van der Waals surface area (Å²) in [4.78, 5) is 37.5. The molecule has 2 aromatic heterocycles. The van der Waals surface area contributed by atoms with Crippen LogP contribution in [0.4, 0.5) is 0 Å². The summed E-state index contributed by atoms with van der Waals surface area (Å²) in [7, 11) is 0. The lowest BCUT2D eigenvalue weighted by molar-refractivity contribution is -0.117. The average molecular weight is 458 g/mol. The van der Waals surface area contributed by atoms with E-state index in [-0.39, 0.29) is 17.9 Å². The summed E-state index contributed by atoms with van der Waals surface area (Å²) in [5.41, 5.74) is 6.19. The summed E-state index contributed by atoms with van der Waals surface area (Å²) in [6.07, 6.45) is 0. The molecule has 0 atom stereocenters. The third-order valence-electron chi connectivity index (χ3n) is 5.02. The summed E-state index contributed by atoms with van der Waals surface area (Å²) >= 11 is 0. The monoisotopic (exact) mass is 458 g/mol. The Morgan fingerprint density at radius 2 is 1.59 bits per heavy atom. The van der Waals surface area contributed by atoms with Gasteiger partial charge in [-0.3, -0.25) is 25.2 Å². The molecule has 172 valence electrons. The topological polar surface area (TPSA) is 115 Å². The van der Waals surface area contributed by atoms with Gasteiger partial charge in [0.2, 0.25) is 0 Å². The molecular formula is C25H22N4O5. The number of carbonyl (C=O) groups excluding carboxylic acids is 3. The van der Waals surface area contributed by atoms with Gasteiger partial charge in [0, 0.05) is 0 Å². The van der Waals surface area contributed by atoms with E-state index in [2.05, 4.69) is 16.0 Å². The molecule has 0 radical (unpaired) electrons. The molecule has 4 rings (SSSR count). The lowest BCUT2D eigenvalue weighted by Crippen LogP contribution is -2.45. The number of furan rings is 1. The highest BCUT2D eigenvalue weighted by Crippen LogP contribution is 2.18. The third kappa shape index (κ3) is 4.88. The van der Waals surface area contributed by atoms with Gasteiger partial charge in [-0.2, -0.15) is 5.10 Å². The number of benzene rings is 2. The molecule has 0 aliphatic heterocycles. The fraction of sp³-hybridized carbons (Fsp3) is 0.120. The fourth-order valence-corrected chi connectivity index (χ4v) is 3.39. The molecule has 2 amide bonds. The van der Waals surface area contributed by atoms with Crippen LogP contribution >= 0.6 is 0 Å². The van der Waals surface area contributed by atoms with Gasteiger partial charge in [-0.25, -0.2) is 4.68 Å². The van der Waals surface area contributed by atoms with Gasteiger partial charge in [0.15, 0.2) is 5.76 Å². The molecule has 0 unspecified atom stereocenters. The number of hydrazine groups is 1. The Balaban J connectivity index is 1.36. The maximum Gasteiger partial charge on any atom is 0.310 e. The molecule has 9 nitrogen and oxygen atoms in total. The Hall–Kier alpha value is -4.66. The SMILES string of the molecule is Cc1nn(-c2ccccc2)c(C)c1C(=O)C(=O)NNC(=O)c1ccc(COc2ccccc2)o1. The van der Waals surface area contributed by atoms with Crippen molar-refractivity contribution in [2.24, 2.45) is 0 Å². The van der Waals surface area contributed by atoms with Crippen molar-refractivity contribution in [1.29, 1.82) is 0 Å². The average Bonchev–Trinajstić information content (AvgIpc) is 3.46. The van der Waals surface area contributed by atoms with Gasteiger partial charge >= 0.3 is 11.8 Å². The first-order chi connectivity index (χ1) is 16.4. The number of hydrogen-bond acceptors (Lipinski definition) is 6. The van der Waals surface area contributed by atoms with E-state index in [0.29, 0.717) is 22.9 Å². The van der Waals surface area contributed by atoms with Crippen LogP contribution < -0.4 is 15.6 Å². The molecule has 0 aliphatic rings. The van der Waals surface area contributed by atoms with Crippen LogP contribution in [0.2, 0.25) is 0 Å². The largest absolute Gasteiger partial charge is 0.486 e. The second kappa shape index (κ2) is 9.86. The number of para-hydroxylation sites is 2. The van der Waals surface area contributed by atoms with Crippen molar-refractivity contribution in [3.8, 4) is 11.4 Å². The van der Waals surface area contributed by atoms with Gasteiger partial charge in [0.05, 0.1) is 22.6 Å². The number of ether oxygens (including phenoxy) is 1. The zero-order valence-electron chi connectivity index (χ0n) is 18.6. The van der Waals surface area contributed by atoms with Crippen molar-refractivity contribution in [1.82, 2.24) is 20.6 Å². The Morgan fingerprint density at radius 1 is 0.912 bits per heavy atom. The Morgan fingerprint density at radius 3 is 2.29 bits per heavy atom. The second-order valence-corrected chi connectivity index (χ2v) is 7.40. The van der Waals surface area contributed by atoms with E-state index in [4.69, 9.17) is 9.15 Å². The first kappa shape index (κ1) is 22.5. The highest BCUT2D eigenvalue weighted by Gasteiger charge is 2.25. The summed E-state index contributed by atoms with van der Waals surface area (Å²) in [6, 6.07) is 21.5. The molecule has 2 heterocycles. The fourth-order valence-electron chi connectivity index (χ4n) is 3.39. The minimum absolute atomic E-state index is 0.0383. The van der Waals surface area contributed by atoms with Gasteiger partial charge in [0.1, 0.15) is 18.1 Å². The van der Waals surface area contributed by atoms with Gasteiger partial charge in [0.25, 0.3) is 5.78 Å². The lowest BCUT2D eigenvalue weighted by Gasteiger charge is -2.07. The third-order valence-corrected chi connectivity index (χ3v) is 5.02. The van der Waals surface area contributed by atoms with E-state index >= 15 is 0 Å². The number of amides is 2. The highest BCUT2D eigenvalue weighted by molar-refractivity contribution is 6.43. The molecule has 34 heavy (non-hydrogen) atoms. The van der Waals surface area contributed by atoms with E-state index < -0.39 is 17.6 Å². The van der Waals surface area contributed by atoms with E-state index in [1.807, 2.05) is 48.5 Å². The van der Waals surface area contributed by atoms with E-state index in [9.17, 15) is 14.4 Å². The quantitative estimate of drug-likeness (QED) is 0.249. The van der Waals surface area contributed by atoms with Crippen molar-refractivity contribution in [2.75, 3.05) is 0 Å². The molecule has 0 bridgehead atoms. The van der Waals surface area contributed by atoms with Crippen molar-refractivity contribution in [3.63, 3.8) is 0 Å². The zero-order chi connectivity index (χ0) is 24.1. The molecule has 0 aliphatic carbocycles. The molecule has 9 heteroatoms. The zero-order valence-corrected chi connectivity index (χ0v) is 18.6. The van der Waals surface area contributed by atoms with Crippen molar-refractivity contribution >= 4 is 17.6 Å². The number of aromatic nitrogens is 2. The number of carbonyl (C=O) groups is 3. The smallest absolute Gasteiger partial charge is 0.310 e. The summed E-state index contributed by atoms with van der Waals surface area (Å²) in [6.45, 7) is 3.48. The second-order valence-electron chi connectivity index (χ2n) is 7.40. The van der Waals surface area contributed by atoms with Gasteiger partial charge in [-0.1, -0.05) is 36.4 Å². The number of nitrogens with one attached hydrogen (secondary N) is 2. The molecule has 0 spiro atoms. The van der Waals surface area contributed by atoms with Gasteiger partial charge in [-0.05, 0) is 50.2 Å². The van der Waals surface area contributed by atoms with Gasteiger partial charge in [-0.15, -0.1) is 0 Å². The molecule has 2 N–H and O–H groups in total. The van der Waals surface area contributed by atoms with Crippen molar-refractivity contribution < 1.29 is 23.5 Å². The standard InChI is InChI=1S/C25H22N4O5/c1-16-22(17(2)29(28-16)18-9-5-3-6-10-18)23(30)25(32)27-26-24(31)21-14-13-20(34-21)15-33-19-11-7-4-8-12-19/h3-14H,15H2,1-2H3,(H,26,31)(H,27,32). The van der Waals surface area contributed by atoms with Crippen molar-refractivity contribution in [3.05, 3.63) is 101 Å². The molecule has 4 aromatic rings. The van der Waals surface area contributed by atoms with E-state index in [1.165, 1.54) is 6.07 Å². The number of rotatable bonds is 7. The Labute approximate surface area is 195 Å². The predicted molar refractivity (Wildman–Crippen MR) is 122 cm³/mol. The van der Waals surface area contributed by atoms with Crippen LogP contribution in [0.5, 0.6) is 5.75 Å². The Kier molecular flexibility index (Phi) is 6.54. The summed E-state index contributed by atoms with van der Waals surface area (Å²) < 4.78 is 12.6. The van der Waals surface area contributed by atoms with Gasteiger partial charge < -0.3 is 9.15 Å². The Bertz CT molecular complexity index is 1330. The van der Waals surface area contributed by atoms with E-state index in [0.717, 1.165) is 5.69 Å². The normalized spacial score (nSPS) is 10.5. The van der Waals surface area contributed by atoms with Crippen LogP contribution in [0.3, 0.4) is 0 Å². The number of Topliss-reactive ketones (excluding diaryl/α,β-unsaturated/α-hetero) is 1. The van der Waals surface area contributed by atoms with E-state index in [1.54, 1.807) is 36.7 Å².